The van der Waals surface area contributed by atoms with Crippen LogP contribution in [0, 0.1) is 0 Å². The number of hydrogen-bond donors (Lipinski definition) is 0. The van der Waals surface area contributed by atoms with Gasteiger partial charge in [0, 0.05) is 10.8 Å². The molecule has 0 aliphatic heterocycles. The lowest BCUT2D eigenvalue weighted by Gasteiger charge is -2.18. The van der Waals surface area contributed by atoms with Crippen LogP contribution in [-0.4, -0.2) is 0 Å². The second-order valence-electron chi connectivity index (χ2n) is 9.57. The van der Waals surface area contributed by atoms with Gasteiger partial charge in [0.25, 0.3) is 0 Å². The van der Waals surface area contributed by atoms with Crippen molar-refractivity contribution in [3.05, 3.63) is 169 Å². The molecule has 9 aromatic rings. The molecule has 9 rings (SSSR count). The Hall–Kier alpha value is -5.92. The zero-order valence-corrected chi connectivity index (χ0v) is 22.5. The van der Waals surface area contributed by atoms with Gasteiger partial charge in [-0.05, 0) is 96.3 Å². The minimum Gasteiger partial charge on any atom is -0.456 e. The number of fused-ring (bicyclic) bond motifs is 5. The van der Waals surface area contributed by atoms with E-state index < -0.39 is 251 Å². The smallest absolute Gasteiger partial charge is 0.136 e. The molecule has 0 fully saturated rings. The molecule has 1 aromatic heterocycles. The summed E-state index contributed by atoms with van der Waals surface area (Å²) in [6.45, 7) is 0. The van der Waals surface area contributed by atoms with Gasteiger partial charge in [0.1, 0.15) is 11.2 Å². The van der Waals surface area contributed by atoms with Gasteiger partial charge in [-0.15, -0.1) is 0 Å². The summed E-state index contributed by atoms with van der Waals surface area (Å²) in [6.07, 6.45) is 0. The van der Waals surface area contributed by atoms with Crippen molar-refractivity contribution >= 4 is 43.5 Å². The van der Waals surface area contributed by atoms with Crippen LogP contribution in [0.1, 0.15) is 37.0 Å². The molecule has 0 bridgehead atoms. The fourth-order valence-electron chi connectivity index (χ4n) is 5.16. The molecule has 0 aliphatic carbocycles. The molecule has 0 amide bonds. The average molecular weight is 600 g/mol. The van der Waals surface area contributed by atoms with E-state index in [1.54, 1.807) is 0 Å². The summed E-state index contributed by atoms with van der Waals surface area (Å²) in [4.78, 5) is 0. The highest BCUT2D eigenvalue weighted by Gasteiger charge is 2.17. The van der Waals surface area contributed by atoms with E-state index in [0.29, 0.717) is 0 Å². The molecule has 1 heterocycles. The lowest BCUT2D eigenvalue weighted by atomic mass is 9.85. The fraction of sp³-hybridized carbons (Fsp3) is 0. The highest BCUT2D eigenvalue weighted by atomic mass is 16.3. The molecule has 45 heavy (non-hydrogen) atoms. The van der Waals surface area contributed by atoms with Crippen molar-refractivity contribution in [1.82, 2.24) is 0 Å². The Kier molecular flexibility index (Phi) is 2.38. The highest BCUT2D eigenvalue weighted by Crippen LogP contribution is 2.44. The molecule has 0 N–H and O–H groups in total. The Bertz CT molecular complexity index is 3920. The van der Waals surface area contributed by atoms with E-state index in [4.69, 9.17) is 30.5 Å². The third-order valence-corrected chi connectivity index (χ3v) is 7.07. The van der Waals surface area contributed by atoms with E-state index in [1.165, 1.54) is 0 Å². The first kappa shape index (κ1) is 10.3. The second-order valence-corrected chi connectivity index (χ2v) is 9.57. The maximum atomic E-state index is 9.80. The predicted molar refractivity (Wildman–Crippen MR) is 190 cm³/mol. The third kappa shape index (κ3) is 4.24. The molecule has 8 aromatic carbocycles. The molecule has 0 saturated heterocycles. The van der Waals surface area contributed by atoms with E-state index in [9.17, 15) is 11.0 Å². The molecular weight excluding hydrogens is 544 g/mol. The van der Waals surface area contributed by atoms with Gasteiger partial charge >= 0.3 is 0 Å². The quantitative estimate of drug-likeness (QED) is 0.183. The Morgan fingerprint density at radius 3 is 1.49 bits per heavy atom. The van der Waals surface area contributed by atoms with Crippen molar-refractivity contribution in [2.24, 2.45) is 0 Å². The summed E-state index contributed by atoms with van der Waals surface area (Å²) in [7, 11) is 0. The minimum atomic E-state index is -0.976. The normalized spacial score (nSPS) is 20.0. The summed E-state index contributed by atoms with van der Waals surface area (Å²) < 4.78 is 245. The zero-order chi connectivity index (χ0) is 53.2. The van der Waals surface area contributed by atoms with E-state index in [0.717, 1.165) is 6.07 Å². The van der Waals surface area contributed by atoms with Crippen LogP contribution in [0.3, 0.4) is 0 Å². The largest absolute Gasteiger partial charge is 0.456 e. The first-order valence-electron chi connectivity index (χ1n) is 26.7. The van der Waals surface area contributed by atoms with Crippen LogP contribution in [0.5, 0.6) is 0 Å². The zero-order valence-electron chi connectivity index (χ0n) is 49.5. The standard InChI is InChI=1S/C44H28O/c1-3-12-29(13-4-1)33-22-24-35-40-27-32(23-25-41(40)45-42(35)28-33)31-16-11-17-34(26-31)44-38-20-9-7-18-36(38)43(30-14-5-2-6-15-30)37-19-8-10-21-39(37)44/h1-28H/i1D,2D,3D,4D,5D,6D,7D,8D,9D,10D,12D,13D,14D,15D,16D,17D,18D,19D,20D,21D,22D,23D,24D,25D,26D,27D,28D. The molecular formula is C44H28O. The summed E-state index contributed by atoms with van der Waals surface area (Å²) in [5, 5.41) is -3.64. The predicted octanol–water partition coefficient (Wildman–Crippen LogP) is 12.6. The SMILES string of the molecule is [2H]c1cc([2H])c(-c2c3c([2H])c([2H])c([2H])c([2H])c3c(-c3c([2H])c([2H])c([2H])c([2H])c3[2H])c3c([2H])c([2H])c([2H])c([2H])c23)c([2H])c1-c1c([2H])c([2H])c2oc3c([2H])c(-c4c([2H])c([2H])c([2H])c([2H])c4[2H])c([2H])c([2H])c3c2c1[2H]. The Labute approximate surface area is 299 Å². The number of furan rings is 1. The topological polar surface area (TPSA) is 13.1 Å². The molecule has 0 radical (unpaired) electrons. The molecule has 0 aliphatic rings. The molecule has 1 heteroatoms. The Morgan fingerprint density at radius 2 is 0.822 bits per heavy atom. The first-order valence-corrected chi connectivity index (χ1v) is 13.2. The molecule has 1 nitrogen and oxygen atoms in total. The van der Waals surface area contributed by atoms with Crippen molar-refractivity contribution in [1.29, 1.82) is 0 Å². The third-order valence-electron chi connectivity index (χ3n) is 7.07. The maximum Gasteiger partial charge on any atom is 0.136 e. The second kappa shape index (κ2) is 10.4. The summed E-state index contributed by atoms with van der Waals surface area (Å²) in [6, 6.07) is -22.9. The summed E-state index contributed by atoms with van der Waals surface area (Å²) in [5.41, 5.74) is -6.62. The fourth-order valence-corrected chi connectivity index (χ4v) is 5.16. The highest BCUT2D eigenvalue weighted by molar-refractivity contribution is 6.21. The van der Waals surface area contributed by atoms with Crippen molar-refractivity contribution in [2.75, 3.05) is 0 Å². The van der Waals surface area contributed by atoms with E-state index in [1.807, 2.05) is 0 Å². The van der Waals surface area contributed by atoms with E-state index in [2.05, 4.69) is 0 Å². The first-order chi connectivity index (χ1) is 33.6. The van der Waals surface area contributed by atoms with Crippen LogP contribution >= 0.6 is 0 Å². The van der Waals surface area contributed by atoms with Gasteiger partial charge in [0.2, 0.25) is 0 Å². The van der Waals surface area contributed by atoms with Gasteiger partial charge in [-0.2, -0.15) is 0 Å². The van der Waals surface area contributed by atoms with Crippen molar-refractivity contribution in [3.63, 3.8) is 0 Å². The number of rotatable bonds is 4. The van der Waals surface area contributed by atoms with Gasteiger partial charge in [0.15, 0.2) is 0 Å². The molecule has 210 valence electrons. The molecule has 0 saturated carbocycles. The van der Waals surface area contributed by atoms with Crippen LogP contribution in [-0.2, 0) is 0 Å². The summed E-state index contributed by atoms with van der Waals surface area (Å²) in [5.74, 6) is 0. The summed E-state index contributed by atoms with van der Waals surface area (Å²) >= 11 is 0. The van der Waals surface area contributed by atoms with Crippen LogP contribution in [0.25, 0.3) is 88.0 Å². The van der Waals surface area contributed by atoms with E-state index >= 15 is 0 Å². The van der Waals surface area contributed by atoms with Crippen molar-refractivity contribution < 1.29 is 41.4 Å². The molecule has 0 unspecified atom stereocenters. The van der Waals surface area contributed by atoms with Gasteiger partial charge in [-0.1, -0.05) is 139 Å². The maximum absolute atomic E-state index is 9.80. The Morgan fingerprint density at radius 1 is 0.311 bits per heavy atom. The lowest BCUT2D eigenvalue weighted by molar-refractivity contribution is 0.669. The average Bonchev–Trinajstić information content (AvgIpc) is 3.76. The van der Waals surface area contributed by atoms with Crippen molar-refractivity contribution in [2.45, 2.75) is 0 Å². The molecule has 0 spiro atoms. The van der Waals surface area contributed by atoms with Gasteiger partial charge < -0.3 is 4.42 Å². The van der Waals surface area contributed by atoms with E-state index in [-0.39, 0.29) is 0 Å². The van der Waals surface area contributed by atoms with Crippen LogP contribution in [0.4, 0.5) is 0 Å². The minimum absolute atomic E-state index is 0.488. The van der Waals surface area contributed by atoms with Crippen LogP contribution in [0.2, 0.25) is 0 Å². The van der Waals surface area contributed by atoms with Gasteiger partial charge in [0.05, 0.1) is 37.0 Å². The van der Waals surface area contributed by atoms with Crippen molar-refractivity contribution in [3.8, 4) is 44.5 Å². The van der Waals surface area contributed by atoms with Crippen LogP contribution in [0.15, 0.2) is 174 Å². The number of hydrogen-bond acceptors (Lipinski definition) is 1. The monoisotopic (exact) mass is 599 g/mol. The van der Waals surface area contributed by atoms with Gasteiger partial charge in [-0.3, -0.25) is 0 Å². The molecule has 0 atom stereocenters. The lowest BCUT2D eigenvalue weighted by Crippen LogP contribution is -1.91. The van der Waals surface area contributed by atoms with Gasteiger partial charge in [-0.25, -0.2) is 0 Å². The Balaban J connectivity index is 1.48. The number of benzene rings is 8. The van der Waals surface area contributed by atoms with Crippen LogP contribution < -0.4 is 0 Å².